The van der Waals surface area contributed by atoms with Crippen LogP contribution in [-0.4, -0.2) is 12.2 Å². The molecule has 2 unspecified atom stereocenters. The number of aryl methyl sites for hydroxylation is 2. The SMILES string of the molecule is Cc1cc(C(C)(C)C(Cc2cccc(Oc3ccccc3)c2)OC(Cc2cccc(Oc3ccccc3)c2)C(C)(C)c2ccc(F)c(C)c2)ccc1F. The van der Waals surface area contributed by atoms with E-state index >= 15 is 0 Å². The first-order valence-corrected chi connectivity index (χ1v) is 18.2. The van der Waals surface area contributed by atoms with Crippen LogP contribution in [0, 0.1) is 25.5 Å². The summed E-state index contributed by atoms with van der Waals surface area (Å²) in [6.07, 6.45) is 0.381. The van der Waals surface area contributed by atoms with Crippen molar-refractivity contribution in [3.8, 4) is 23.0 Å². The van der Waals surface area contributed by atoms with Crippen LogP contribution < -0.4 is 9.47 Å². The maximum atomic E-state index is 14.6. The molecule has 3 nitrogen and oxygen atoms in total. The molecule has 0 amide bonds. The zero-order valence-electron chi connectivity index (χ0n) is 31.4. The summed E-state index contributed by atoms with van der Waals surface area (Å²) in [5.74, 6) is 2.50. The fraction of sp³-hybridized carbons (Fsp3) is 0.250. The molecule has 0 heterocycles. The molecule has 0 aromatic heterocycles. The van der Waals surface area contributed by atoms with Gasteiger partial charge in [-0.25, -0.2) is 8.78 Å². The van der Waals surface area contributed by atoms with E-state index in [0.717, 1.165) is 45.3 Å². The van der Waals surface area contributed by atoms with E-state index in [1.807, 2.05) is 109 Å². The van der Waals surface area contributed by atoms with Gasteiger partial charge in [0.15, 0.2) is 0 Å². The Hall–Kier alpha value is -5.26. The molecular formula is C48H48F2O3. The predicted octanol–water partition coefficient (Wildman–Crippen LogP) is 12.7. The van der Waals surface area contributed by atoms with E-state index < -0.39 is 10.8 Å². The van der Waals surface area contributed by atoms with Gasteiger partial charge in [0.05, 0.1) is 12.2 Å². The van der Waals surface area contributed by atoms with Crippen LogP contribution in [0.2, 0.25) is 0 Å². The lowest BCUT2D eigenvalue weighted by Crippen LogP contribution is -2.46. The normalized spacial score (nSPS) is 13.0. The molecule has 5 heteroatoms. The summed E-state index contributed by atoms with van der Waals surface area (Å²) in [6, 6.07) is 46.3. The fourth-order valence-corrected chi connectivity index (χ4v) is 6.76. The number of hydrogen-bond acceptors (Lipinski definition) is 3. The maximum absolute atomic E-state index is 14.6. The lowest BCUT2D eigenvalue weighted by molar-refractivity contribution is -0.0753. The Morgan fingerprint density at radius 2 is 0.830 bits per heavy atom. The maximum Gasteiger partial charge on any atom is 0.127 e. The van der Waals surface area contributed by atoms with Gasteiger partial charge in [0.2, 0.25) is 0 Å². The zero-order valence-corrected chi connectivity index (χ0v) is 31.4. The largest absolute Gasteiger partial charge is 0.457 e. The number of ether oxygens (including phenoxy) is 3. The van der Waals surface area contributed by atoms with E-state index in [1.165, 1.54) is 0 Å². The molecule has 272 valence electrons. The highest BCUT2D eigenvalue weighted by Gasteiger charge is 2.40. The van der Waals surface area contributed by atoms with Crippen LogP contribution in [0.3, 0.4) is 0 Å². The molecule has 0 radical (unpaired) electrons. The Bertz CT molecular complexity index is 1970. The van der Waals surface area contributed by atoms with Gasteiger partial charge in [0.25, 0.3) is 0 Å². The summed E-state index contributed by atoms with van der Waals surface area (Å²) in [5, 5.41) is 0. The molecule has 0 N–H and O–H groups in total. The van der Waals surface area contributed by atoms with Crippen molar-refractivity contribution >= 4 is 0 Å². The molecule has 0 saturated carbocycles. The third kappa shape index (κ3) is 9.22. The minimum absolute atomic E-state index is 0.240. The van der Waals surface area contributed by atoms with Crippen molar-refractivity contribution in [3.63, 3.8) is 0 Å². The van der Waals surface area contributed by atoms with Gasteiger partial charge in [-0.1, -0.05) is 113 Å². The van der Waals surface area contributed by atoms with E-state index in [9.17, 15) is 8.78 Å². The predicted molar refractivity (Wildman–Crippen MR) is 210 cm³/mol. The van der Waals surface area contributed by atoms with Crippen molar-refractivity contribution in [2.24, 2.45) is 0 Å². The Morgan fingerprint density at radius 3 is 1.21 bits per heavy atom. The summed E-state index contributed by atoms with van der Waals surface area (Å²) >= 11 is 0. The van der Waals surface area contributed by atoms with Gasteiger partial charge < -0.3 is 14.2 Å². The highest BCUT2D eigenvalue weighted by molar-refractivity contribution is 5.38. The third-order valence-corrected chi connectivity index (χ3v) is 10.3. The molecule has 0 fully saturated rings. The van der Waals surface area contributed by atoms with Crippen LogP contribution >= 0.6 is 0 Å². The topological polar surface area (TPSA) is 27.7 Å². The fourth-order valence-electron chi connectivity index (χ4n) is 6.76. The number of hydrogen-bond donors (Lipinski definition) is 0. The second-order valence-electron chi connectivity index (χ2n) is 15.0. The summed E-state index contributed by atoms with van der Waals surface area (Å²) in [7, 11) is 0. The summed E-state index contributed by atoms with van der Waals surface area (Å²) in [6.45, 7) is 12.2. The standard InChI is InChI=1S/C48H48F2O3/c1-33-27-37(23-25-43(33)49)47(3,4)45(31-35-15-13-21-41(29-35)51-39-17-9-7-10-18-39)53-46(48(5,6)38-24-26-44(50)34(2)28-38)32-36-16-14-22-42(30-36)52-40-19-11-8-12-20-40/h7-30,45-46H,31-32H2,1-6H3. The number of benzene rings is 6. The first kappa shape index (κ1) is 37.5. The lowest BCUT2D eigenvalue weighted by Gasteiger charge is -2.43. The second kappa shape index (κ2) is 16.2. The van der Waals surface area contributed by atoms with E-state index in [4.69, 9.17) is 14.2 Å². The van der Waals surface area contributed by atoms with Crippen LogP contribution in [0.1, 0.15) is 61.1 Å². The van der Waals surface area contributed by atoms with Gasteiger partial charge >= 0.3 is 0 Å². The molecule has 0 aliphatic heterocycles. The van der Waals surface area contributed by atoms with Crippen molar-refractivity contribution in [3.05, 3.63) is 191 Å². The van der Waals surface area contributed by atoms with E-state index in [2.05, 4.69) is 52.0 Å². The molecule has 0 aliphatic rings. The molecule has 2 atom stereocenters. The summed E-state index contributed by atoms with van der Waals surface area (Å²) in [5.41, 5.74) is 4.10. The minimum Gasteiger partial charge on any atom is -0.457 e. The van der Waals surface area contributed by atoms with E-state index in [-0.39, 0.29) is 23.8 Å². The van der Waals surface area contributed by atoms with Crippen LogP contribution in [0.4, 0.5) is 8.78 Å². The van der Waals surface area contributed by atoms with Crippen LogP contribution in [0.15, 0.2) is 146 Å². The Morgan fingerprint density at radius 1 is 0.453 bits per heavy atom. The molecule has 53 heavy (non-hydrogen) atoms. The van der Waals surface area contributed by atoms with Crippen molar-refractivity contribution in [1.29, 1.82) is 0 Å². The highest BCUT2D eigenvalue weighted by atomic mass is 19.1. The average molecular weight is 711 g/mol. The first-order valence-electron chi connectivity index (χ1n) is 18.2. The number of halogens is 2. The van der Waals surface area contributed by atoms with E-state index in [1.54, 1.807) is 26.0 Å². The van der Waals surface area contributed by atoms with Crippen molar-refractivity contribution in [2.75, 3.05) is 0 Å². The highest BCUT2D eigenvalue weighted by Crippen LogP contribution is 2.39. The summed E-state index contributed by atoms with van der Waals surface area (Å²) in [4.78, 5) is 0. The third-order valence-electron chi connectivity index (χ3n) is 10.3. The summed E-state index contributed by atoms with van der Waals surface area (Å²) < 4.78 is 49.1. The van der Waals surface area contributed by atoms with Gasteiger partial charge in [-0.15, -0.1) is 0 Å². The second-order valence-corrected chi connectivity index (χ2v) is 15.0. The molecule has 6 aromatic rings. The van der Waals surface area contributed by atoms with Gasteiger partial charge in [-0.3, -0.25) is 0 Å². The first-order chi connectivity index (χ1) is 25.4. The Labute approximate surface area is 313 Å². The van der Waals surface area contributed by atoms with Crippen LogP contribution in [0.5, 0.6) is 23.0 Å². The van der Waals surface area contributed by atoms with Gasteiger partial charge in [-0.05, 0) is 121 Å². The average Bonchev–Trinajstić information content (AvgIpc) is 3.14. The van der Waals surface area contributed by atoms with Crippen molar-refractivity contribution < 1.29 is 23.0 Å². The molecule has 0 bridgehead atoms. The minimum atomic E-state index is -0.555. The van der Waals surface area contributed by atoms with Crippen molar-refractivity contribution in [1.82, 2.24) is 0 Å². The number of rotatable bonds is 14. The Kier molecular flexibility index (Phi) is 11.4. The van der Waals surface area contributed by atoms with Gasteiger partial charge in [0, 0.05) is 10.8 Å². The lowest BCUT2D eigenvalue weighted by atomic mass is 9.74. The van der Waals surface area contributed by atoms with Crippen LogP contribution in [0.25, 0.3) is 0 Å². The molecular weight excluding hydrogens is 663 g/mol. The monoisotopic (exact) mass is 710 g/mol. The zero-order chi connectivity index (χ0) is 37.6. The van der Waals surface area contributed by atoms with E-state index in [0.29, 0.717) is 24.0 Å². The smallest absolute Gasteiger partial charge is 0.127 e. The van der Waals surface area contributed by atoms with Crippen molar-refractivity contribution in [2.45, 2.75) is 77.4 Å². The molecule has 6 rings (SSSR count). The molecule has 0 saturated heterocycles. The molecule has 6 aromatic carbocycles. The number of para-hydroxylation sites is 2. The van der Waals surface area contributed by atoms with Gasteiger partial charge in [0.1, 0.15) is 34.6 Å². The van der Waals surface area contributed by atoms with Gasteiger partial charge in [-0.2, -0.15) is 0 Å². The Balaban J connectivity index is 1.40. The quantitative estimate of drug-likeness (QED) is 0.113. The van der Waals surface area contributed by atoms with Crippen LogP contribution in [-0.2, 0) is 28.4 Å². The molecule has 0 aliphatic carbocycles. The molecule has 0 spiro atoms.